The summed E-state index contributed by atoms with van der Waals surface area (Å²) >= 11 is 1.51. The molecular weight excluding hydrogens is 260 g/mol. The molecule has 0 atom stereocenters. The van der Waals surface area contributed by atoms with Crippen LogP contribution in [0.4, 0.5) is 0 Å². The maximum Gasteiger partial charge on any atom is 0.271 e. The highest BCUT2D eigenvalue weighted by Gasteiger charge is 2.10. The zero-order valence-electron chi connectivity index (χ0n) is 10.1. The predicted molar refractivity (Wildman–Crippen MR) is 73.3 cm³/mol. The molecule has 3 rings (SSSR count). The zero-order chi connectivity index (χ0) is 13.1. The third-order valence-corrected chi connectivity index (χ3v) is 3.49. The Hall–Kier alpha value is -2.21. The second-order valence-corrected chi connectivity index (χ2v) is 4.92. The van der Waals surface area contributed by atoms with Crippen LogP contribution in [0.15, 0.2) is 42.2 Å². The molecule has 3 heterocycles. The molecule has 0 unspecified atom stereocenters. The van der Waals surface area contributed by atoms with Gasteiger partial charge in [0.2, 0.25) is 0 Å². The van der Waals surface area contributed by atoms with Gasteiger partial charge in [-0.05, 0) is 12.1 Å². The molecule has 1 amide bonds. The van der Waals surface area contributed by atoms with Gasteiger partial charge < -0.3 is 5.32 Å². The highest BCUT2D eigenvalue weighted by atomic mass is 32.1. The van der Waals surface area contributed by atoms with Crippen LogP contribution in [-0.4, -0.2) is 26.8 Å². The van der Waals surface area contributed by atoms with Gasteiger partial charge in [0.1, 0.15) is 5.69 Å². The molecule has 0 saturated heterocycles. The second-order valence-electron chi connectivity index (χ2n) is 4.05. The van der Waals surface area contributed by atoms with E-state index >= 15 is 0 Å². The minimum atomic E-state index is -0.146. The lowest BCUT2D eigenvalue weighted by molar-refractivity contribution is 0.0949. The van der Waals surface area contributed by atoms with Gasteiger partial charge in [0.05, 0.1) is 0 Å². The summed E-state index contributed by atoms with van der Waals surface area (Å²) in [5.41, 5.74) is 1.42. The van der Waals surface area contributed by atoms with Gasteiger partial charge in [-0.3, -0.25) is 14.2 Å². The van der Waals surface area contributed by atoms with Gasteiger partial charge in [-0.2, -0.15) is 0 Å². The van der Waals surface area contributed by atoms with Crippen molar-refractivity contribution in [2.24, 2.45) is 0 Å². The maximum absolute atomic E-state index is 11.9. The number of amides is 1. The number of pyridine rings is 1. The van der Waals surface area contributed by atoms with Crippen molar-refractivity contribution in [3.05, 3.63) is 53.6 Å². The van der Waals surface area contributed by atoms with Gasteiger partial charge in [0.25, 0.3) is 5.91 Å². The summed E-state index contributed by atoms with van der Waals surface area (Å²) in [5, 5.41) is 4.78. The average Bonchev–Trinajstić information content (AvgIpc) is 3.00. The van der Waals surface area contributed by atoms with Crippen molar-refractivity contribution in [1.82, 2.24) is 19.7 Å². The van der Waals surface area contributed by atoms with Crippen LogP contribution in [0.25, 0.3) is 4.96 Å². The number of hydrogen-bond acceptors (Lipinski definition) is 4. The number of hydrogen-bond donors (Lipinski definition) is 1. The van der Waals surface area contributed by atoms with E-state index in [1.165, 1.54) is 11.3 Å². The van der Waals surface area contributed by atoms with Gasteiger partial charge in [-0.25, -0.2) is 4.98 Å². The minimum Gasteiger partial charge on any atom is -0.350 e. The van der Waals surface area contributed by atoms with Crippen LogP contribution < -0.4 is 5.32 Å². The Morgan fingerprint density at radius 2 is 2.37 bits per heavy atom. The Morgan fingerprint density at radius 1 is 1.42 bits per heavy atom. The summed E-state index contributed by atoms with van der Waals surface area (Å²) < 4.78 is 1.85. The van der Waals surface area contributed by atoms with E-state index in [2.05, 4.69) is 15.3 Å². The van der Waals surface area contributed by atoms with Crippen LogP contribution >= 0.6 is 11.3 Å². The molecule has 0 spiro atoms. The lowest BCUT2D eigenvalue weighted by Gasteiger charge is -2.02. The topological polar surface area (TPSA) is 59.3 Å². The standard InChI is InChI=1S/C13H12N4OS/c18-12(11-9-17-7-8-19-13(17)16-11)15-6-4-10-3-1-2-5-14-10/h1-3,5,7-9H,4,6H2,(H,15,18). The number of carbonyl (C=O) groups excluding carboxylic acids is 1. The molecule has 3 aromatic rings. The summed E-state index contributed by atoms with van der Waals surface area (Å²) in [6.07, 6.45) is 6.09. The first-order chi connectivity index (χ1) is 9.33. The Balaban J connectivity index is 1.58. The fourth-order valence-electron chi connectivity index (χ4n) is 1.78. The van der Waals surface area contributed by atoms with E-state index in [-0.39, 0.29) is 5.91 Å². The van der Waals surface area contributed by atoms with Gasteiger partial charge in [-0.15, -0.1) is 11.3 Å². The summed E-state index contributed by atoms with van der Waals surface area (Å²) in [4.78, 5) is 21.2. The highest BCUT2D eigenvalue weighted by molar-refractivity contribution is 7.15. The molecule has 96 valence electrons. The number of thiazole rings is 1. The number of carbonyl (C=O) groups is 1. The Kier molecular flexibility index (Phi) is 3.24. The number of rotatable bonds is 4. The lowest BCUT2D eigenvalue weighted by atomic mass is 10.2. The fraction of sp³-hybridized carbons (Fsp3) is 0.154. The van der Waals surface area contributed by atoms with Crippen molar-refractivity contribution < 1.29 is 4.79 Å². The fourth-order valence-corrected chi connectivity index (χ4v) is 2.48. The average molecular weight is 272 g/mol. The predicted octanol–water partition coefficient (Wildman–Crippen LogP) is 1.76. The molecule has 19 heavy (non-hydrogen) atoms. The third kappa shape index (κ3) is 2.63. The first kappa shape index (κ1) is 11.9. The molecule has 0 aliphatic heterocycles. The van der Waals surface area contributed by atoms with Gasteiger partial charge in [0, 0.05) is 42.6 Å². The SMILES string of the molecule is O=C(NCCc1ccccn1)c1cn2ccsc2n1. The first-order valence-corrected chi connectivity index (χ1v) is 6.81. The minimum absolute atomic E-state index is 0.146. The van der Waals surface area contributed by atoms with E-state index in [9.17, 15) is 4.79 Å². The van der Waals surface area contributed by atoms with Gasteiger partial charge >= 0.3 is 0 Å². The van der Waals surface area contributed by atoms with E-state index in [4.69, 9.17) is 0 Å². The molecule has 0 saturated carbocycles. The van der Waals surface area contributed by atoms with Crippen molar-refractivity contribution in [2.45, 2.75) is 6.42 Å². The monoisotopic (exact) mass is 272 g/mol. The molecule has 0 fully saturated rings. The maximum atomic E-state index is 11.9. The smallest absolute Gasteiger partial charge is 0.271 e. The number of imidazole rings is 1. The molecular formula is C13H12N4OS. The van der Waals surface area contributed by atoms with Gasteiger partial charge in [-0.1, -0.05) is 6.07 Å². The summed E-state index contributed by atoms with van der Waals surface area (Å²) in [7, 11) is 0. The van der Waals surface area contributed by atoms with Crippen LogP contribution in [0.2, 0.25) is 0 Å². The van der Waals surface area contributed by atoms with Crippen molar-refractivity contribution in [2.75, 3.05) is 6.54 Å². The molecule has 3 aromatic heterocycles. The van der Waals surface area contributed by atoms with E-state index in [0.717, 1.165) is 17.1 Å². The second kappa shape index (κ2) is 5.19. The largest absolute Gasteiger partial charge is 0.350 e. The zero-order valence-corrected chi connectivity index (χ0v) is 10.9. The Morgan fingerprint density at radius 3 is 3.16 bits per heavy atom. The summed E-state index contributed by atoms with van der Waals surface area (Å²) in [5.74, 6) is -0.146. The van der Waals surface area contributed by atoms with Gasteiger partial charge in [0.15, 0.2) is 4.96 Å². The molecule has 0 aromatic carbocycles. The molecule has 0 radical (unpaired) electrons. The van der Waals surface area contributed by atoms with Crippen LogP contribution in [0, 0.1) is 0 Å². The summed E-state index contributed by atoms with van der Waals surface area (Å²) in [6, 6.07) is 5.76. The number of nitrogens with zero attached hydrogens (tertiary/aromatic N) is 3. The van der Waals surface area contributed by atoms with Crippen molar-refractivity contribution in [3.8, 4) is 0 Å². The molecule has 6 heteroatoms. The van der Waals surface area contributed by atoms with Crippen molar-refractivity contribution in [1.29, 1.82) is 0 Å². The van der Waals surface area contributed by atoms with Crippen molar-refractivity contribution in [3.63, 3.8) is 0 Å². The molecule has 1 N–H and O–H groups in total. The molecule has 0 bridgehead atoms. The van der Waals surface area contributed by atoms with E-state index in [1.807, 2.05) is 34.2 Å². The third-order valence-electron chi connectivity index (χ3n) is 2.72. The molecule has 0 aliphatic carbocycles. The Labute approximate surface area is 113 Å². The normalized spacial score (nSPS) is 10.7. The van der Waals surface area contributed by atoms with E-state index in [0.29, 0.717) is 12.2 Å². The number of aromatic nitrogens is 3. The van der Waals surface area contributed by atoms with Crippen LogP contribution in [0.3, 0.4) is 0 Å². The van der Waals surface area contributed by atoms with E-state index in [1.54, 1.807) is 12.4 Å². The molecule has 5 nitrogen and oxygen atoms in total. The quantitative estimate of drug-likeness (QED) is 0.787. The van der Waals surface area contributed by atoms with Crippen LogP contribution in [0.1, 0.15) is 16.2 Å². The van der Waals surface area contributed by atoms with Crippen LogP contribution in [0.5, 0.6) is 0 Å². The van der Waals surface area contributed by atoms with Crippen LogP contribution in [-0.2, 0) is 6.42 Å². The Bertz CT molecular complexity index is 660. The number of fused-ring (bicyclic) bond motifs is 1. The lowest BCUT2D eigenvalue weighted by Crippen LogP contribution is -2.26. The molecule has 0 aliphatic rings. The first-order valence-electron chi connectivity index (χ1n) is 5.93. The number of nitrogens with one attached hydrogen (secondary N) is 1. The van der Waals surface area contributed by atoms with E-state index < -0.39 is 0 Å². The van der Waals surface area contributed by atoms with Crippen molar-refractivity contribution >= 4 is 22.2 Å². The highest BCUT2D eigenvalue weighted by Crippen LogP contribution is 2.11. The summed E-state index contributed by atoms with van der Waals surface area (Å²) in [6.45, 7) is 0.557.